The van der Waals surface area contributed by atoms with Gasteiger partial charge in [0.15, 0.2) is 23.3 Å². The SMILES string of the molecule is O=C(Nc1cccc(Oc2ccnc(-c3ncon3)n2)c1)c1c(F)c(F)cc(F)c1F. The molecule has 0 aliphatic heterocycles. The molecule has 0 radical (unpaired) electrons. The van der Waals surface area contributed by atoms with Crippen LogP contribution in [0.3, 0.4) is 0 Å². The topological polar surface area (TPSA) is 103 Å². The number of nitrogens with zero attached hydrogens (tertiary/aromatic N) is 4. The molecule has 0 aliphatic rings. The molecular formula is C19H9F4N5O3. The summed E-state index contributed by atoms with van der Waals surface area (Å²) < 4.78 is 64.5. The summed E-state index contributed by atoms with van der Waals surface area (Å²) in [6.45, 7) is 0. The highest BCUT2D eigenvalue weighted by Crippen LogP contribution is 2.25. The highest BCUT2D eigenvalue weighted by atomic mass is 19.2. The lowest BCUT2D eigenvalue weighted by atomic mass is 10.1. The molecule has 4 aromatic rings. The Balaban J connectivity index is 1.55. The number of ether oxygens (including phenoxy) is 1. The largest absolute Gasteiger partial charge is 0.439 e. The monoisotopic (exact) mass is 431 g/mol. The van der Waals surface area contributed by atoms with Crippen molar-refractivity contribution in [1.82, 2.24) is 20.1 Å². The van der Waals surface area contributed by atoms with Crippen molar-refractivity contribution in [3.63, 3.8) is 0 Å². The molecule has 0 atom stereocenters. The van der Waals surface area contributed by atoms with Gasteiger partial charge in [-0.15, -0.1) is 0 Å². The Bertz CT molecular complexity index is 1240. The fourth-order valence-corrected chi connectivity index (χ4v) is 2.50. The zero-order valence-corrected chi connectivity index (χ0v) is 15.1. The number of aromatic nitrogens is 4. The van der Waals surface area contributed by atoms with Crippen LogP contribution in [0, 0.1) is 23.3 Å². The summed E-state index contributed by atoms with van der Waals surface area (Å²) in [5, 5.41) is 5.76. The minimum atomic E-state index is -1.81. The molecule has 0 spiro atoms. The van der Waals surface area contributed by atoms with Crippen LogP contribution in [0.5, 0.6) is 11.6 Å². The van der Waals surface area contributed by atoms with E-state index in [9.17, 15) is 22.4 Å². The molecule has 1 N–H and O–H groups in total. The van der Waals surface area contributed by atoms with E-state index in [1.807, 2.05) is 0 Å². The third-order valence-corrected chi connectivity index (χ3v) is 3.84. The van der Waals surface area contributed by atoms with E-state index in [1.165, 1.54) is 36.5 Å². The van der Waals surface area contributed by atoms with Gasteiger partial charge in [0.25, 0.3) is 5.91 Å². The Morgan fingerprint density at radius 3 is 2.45 bits per heavy atom. The van der Waals surface area contributed by atoms with E-state index >= 15 is 0 Å². The normalized spacial score (nSPS) is 10.7. The third kappa shape index (κ3) is 4.17. The minimum absolute atomic E-state index is 0.0143. The van der Waals surface area contributed by atoms with Crippen LogP contribution in [-0.4, -0.2) is 26.0 Å². The molecule has 1 amide bonds. The summed E-state index contributed by atoms with van der Waals surface area (Å²) in [6.07, 6.45) is 2.50. The van der Waals surface area contributed by atoms with Gasteiger partial charge in [0, 0.05) is 30.1 Å². The molecule has 2 heterocycles. The predicted octanol–water partition coefficient (Wildman–Crippen LogP) is 4.13. The number of hydrogen-bond acceptors (Lipinski definition) is 7. The molecule has 0 saturated carbocycles. The Hall–Kier alpha value is -4.35. The van der Waals surface area contributed by atoms with Crippen molar-refractivity contribution in [3.05, 3.63) is 77.8 Å². The summed E-state index contributed by atoms with van der Waals surface area (Å²) >= 11 is 0. The second-order valence-electron chi connectivity index (χ2n) is 5.90. The zero-order chi connectivity index (χ0) is 22.0. The Kier molecular flexibility index (Phi) is 5.26. The van der Waals surface area contributed by atoms with Crippen molar-refractivity contribution < 1.29 is 31.6 Å². The summed E-state index contributed by atoms with van der Waals surface area (Å²) in [5.41, 5.74) is -1.34. The van der Waals surface area contributed by atoms with Gasteiger partial charge in [0.05, 0.1) is 0 Å². The van der Waals surface area contributed by atoms with E-state index in [2.05, 4.69) is 29.9 Å². The molecule has 2 aromatic carbocycles. The summed E-state index contributed by atoms with van der Waals surface area (Å²) in [4.78, 5) is 24.1. The van der Waals surface area contributed by atoms with Gasteiger partial charge in [-0.05, 0) is 12.1 Å². The van der Waals surface area contributed by atoms with E-state index in [0.29, 0.717) is 0 Å². The lowest BCUT2D eigenvalue weighted by Crippen LogP contribution is -2.18. The maximum absolute atomic E-state index is 13.8. The van der Waals surface area contributed by atoms with E-state index in [-0.39, 0.29) is 35.0 Å². The van der Waals surface area contributed by atoms with Gasteiger partial charge in [0.2, 0.25) is 23.9 Å². The van der Waals surface area contributed by atoms with Crippen molar-refractivity contribution in [2.24, 2.45) is 0 Å². The van der Waals surface area contributed by atoms with E-state index in [4.69, 9.17) is 4.74 Å². The number of carbonyl (C=O) groups excluding carboxylic acids is 1. The van der Waals surface area contributed by atoms with Crippen LogP contribution < -0.4 is 10.1 Å². The number of anilines is 1. The summed E-state index contributed by atoms with van der Waals surface area (Å²) in [7, 11) is 0. The number of benzene rings is 2. The highest BCUT2D eigenvalue weighted by Gasteiger charge is 2.25. The van der Waals surface area contributed by atoms with Gasteiger partial charge in [-0.25, -0.2) is 22.5 Å². The van der Waals surface area contributed by atoms with Crippen molar-refractivity contribution in [2.45, 2.75) is 0 Å². The number of hydrogen-bond donors (Lipinski definition) is 1. The van der Waals surface area contributed by atoms with Gasteiger partial charge in [-0.3, -0.25) is 4.79 Å². The molecular weight excluding hydrogens is 422 g/mol. The van der Waals surface area contributed by atoms with E-state index in [0.717, 1.165) is 6.39 Å². The van der Waals surface area contributed by atoms with Crippen LogP contribution in [0.4, 0.5) is 23.2 Å². The number of carbonyl (C=O) groups is 1. The number of amides is 1. The molecule has 4 rings (SSSR count). The Morgan fingerprint density at radius 2 is 1.74 bits per heavy atom. The molecule has 2 aromatic heterocycles. The molecule has 12 heteroatoms. The molecule has 0 aliphatic carbocycles. The van der Waals surface area contributed by atoms with Crippen LogP contribution in [0.25, 0.3) is 11.6 Å². The second kappa shape index (κ2) is 8.18. The van der Waals surface area contributed by atoms with Crippen LogP contribution in [0.2, 0.25) is 0 Å². The first-order valence-electron chi connectivity index (χ1n) is 8.44. The molecule has 0 unspecified atom stereocenters. The molecule has 31 heavy (non-hydrogen) atoms. The first-order chi connectivity index (χ1) is 14.9. The number of nitrogens with one attached hydrogen (secondary N) is 1. The fraction of sp³-hybridized carbons (Fsp3) is 0. The first kappa shape index (κ1) is 19.9. The molecule has 156 valence electrons. The summed E-state index contributed by atoms with van der Waals surface area (Å²) in [5.74, 6) is -7.83. The maximum Gasteiger partial charge on any atom is 0.261 e. The summed E-state index contributed by atoms with van der Waals surface area (Å²) in [6, 6.07) is 7.11. The number of halogens is 4. The Morgan fingerprint density at radius 1 is 0.968 bits per heavy atom. The third-order valence-electron chi connectivity index (χ3n) is 3.84. The van der Waals surface area contributed by atoms with Gasteiger partial charge >= 0.3 is 0 Å². The second-order valence-corrected chi connectivity index (χ2v) is 5.90. The van der Waals surface area contributed by atoms with Crippen molar-refractivity contribution in [3.8, 4) is 23.3 Å². The van der Waals surface area contributed by atoms with E-state index < -0.39 is 34.7 Å². The van der Waals surface area contributed by atoms with Gasteiger partial charge in [-0.1, -0.05) is 11.2 Å². The average molecular weight is 431 g/mol. The first-order valence-corrected chi connectivity index (χ1v) is 8.44. The standard InChI is InChI=1S/C19H9F4N5O3/c20-11-7-12(21)16(23)14(15(11)22)19(29)26-9-2-1-3-10(6-9)31-13-4-5-24-17(27-13)18-25-8-30-28-18/h1-8H,(H,26,29). The molecule has 0 saturated heterocycles. The smallest absolute Gasteiger partial charge is 0.261 e. The van der Waals surface area contributed by atoms with Crippen molar-refractivity contribution in [2.75, 3.05) is 5.32 Å². The van der Waals surface area contributed by atoms with E-state index in [1.54, 1.807) is 0 Å². The zero-order valence-electron chi connectivity index (χ0n) is 15.1. The van der Waals surface area contributed by atoms with Crippen LogP contribution in [0.15, 0.2) is 53.5 Å². The van der Waals surface area contributed by atoms with Gasteiger partial charge in [-0.2, -0.15) is 9.97 Å². The van der Waals surface area contributed by atoms with Gasteiger partial charge < -0.3 is 14.6 Å². The van der Waals surface area contributed by atoms with Crippen LogP contribution >= 0.6 is 0 Å². The molecule has 0 fully saturated rings. The lowest BCUT2D eigenvalue weighted by Gasteiger charge is -2.10. The molecule has 8 nitrogen and oxygen atoms in total. The fourth-order valence-electron chi connectivity index (χ4n) is 2.50. The van der Waals surface area contributed by atoms with Gasteiger partial charge in [0.1, 0.15) is 11.3 Å². The minimum Gasteiger partial charge on any atom is -0.439 e. The predicted molar refractivity (Wildman–Crippen MR) is 96.1 cm³/mol. The lowest BCUT2D eigenvalue weighted by molar-refractivity contribution is 0.101. The van der Waals surface area contributed by atoms with Crippen molar-refractivity contribution >= 4 is 11.6 Å². The highest BCUT2D eigenvalue weighted by molar-refractivity contribution is 6.04. The Labute approximate surface area is 170 Å². The van der Waals surface area contributed by atoms with Crippen molar-refractivity contribution in [1.29, 1.82) is 0 Å². The van der Waals surface area contributed by atoms with Crippen LogP contribution in [0.1, 0.15) is 10.4 Å². The molecule has 0 bridgehead atoms. The number of rotatable bonds is 5. The van der Waals surface area contributed by atoms with Crippen LogP contribution in [-0.2, 0) is 0 Å². The maximum atomic E-state index is 13.8. The average Bonchev–Trinajstić information content (AvgIpc) is 3.28. The quantitative estimate of drug-likeness (QED) is 0.374.